The van der Waals surface area contributed by atoms with E-state index < -0.39 is 0 Å². The minimum absolute atomic E-state index is 0.934. The summed E-state index contributed by atoms with van der Waals surface area (Å²) in [5.41, 5.74) is 0.934. The van der Waals surface area contributed by atoms with Gasteiger partial charge in [0.25, 0.3) is 0 Å². The smallest absolute Gasteiger partial charge is 0.124 e. The van der Waals surface area contributed by atoms with Crippen LogP contribution in [0.5, 0.6) is 0 Å². The first-order chi connectivity index (χ1) is 6.27. The van der Waals surface area contributed by atoms with E-state index in [-0.39, 0.29) is 0 Å². The van der Waals surface area contributed by atoms with Crippen molar-refractivity contribution in [1.29, 1.82) is 0 Å². The van der Waals surface area contributed by atoms with Crippen molar-refractivity contribution in [3.05, 3.63) is 23.8 Å². The van der Waals surface area contributed by atoms with Gasteiger partial charge >= 0.3 is 0 Å². The van der Waals surface area contributed by atoms with Crippen LogP contribution in [0.4, 0.5) is 0 Å². The molecule has 1 heterocycles. The van der Waals surface area contributed by atoms with Gasteiger partial charge in [0.2, 0.25) is 0 Å². The zero-order chi connectivity index (χ0) is 9.68. The highest BCUT2D eigenvalue weighted by Gasteiger charge is 2.03. The van der Waals surface area contributed by atoms with E-state index in [1.54, 1.807) is 4.09 Å². The lowest BCUT2D eigenvalue weighted by Gasteiger charge is -1.95. The summed E-state index contributed by atoms with van der Waals surface area (Å²) < 4.78 is 1.59. The van der Waals surface area contributed by atoms with E-state index in [0.29, 0.717) is 0 Å². The molecule has 13 heavy (non-hydrogen) atoms. The third-order valence-electron chi connectivity index (χ3n) is 1.84. The molecule has 2 nitrogen and oxygen atoms in total. The van der Waals surface area contributed by atoms with Crippen LogP contribution in [0.25, 0.3) is 6.08 Å². The Hall–Kier alpha value is -0.760. The largest absolute Gasteiger partial charge is 0.245 e. The SMILES string of the molecule is C/C=C/c1cn(Cl)c(CCCC)n1. The molecule has 0 radical (unpaired) electrons. The van der Waals surface area contributed by atoms with Crippen LogP contribution in [-0.2, 0) is 6.42 Å². The molecule has 0 saturated carbocycles. The number of imidazole rings is 1. The number of unbranched alkanes of at least 4 members (excludes halogenated alkanes) is 1. The van der Waals surface area contributed by atoms with Gasteiger partial charge in [-0.3, -0.25) is 0 Å². The van der Waals surface area contributed by atoms with Gasteiger partial charge in [-0.1, -0.05) is 19.4 Å². The molecule has 0 aliphatic carbocycles. The number of allylic oxidation sites excluding steroid dienone is 1. The van der Waals surface area contributed by atoms with Crippen molar-refractivity contribution in [2.45, 2.75) is 33.1 Å². The first kappa shape index (κ1) is 10.3. The molecule has 0 atom stereocenters. The Morgan fingerprint density at radius 2 is 2.38 bits per heavy atom. The minimum Gasteiger partial charge on any atom is -0.245 e. The van der Waals surface area contributed by atoms with E-state index in [1.807, 2.05) is 25.3 Å². The summed E-state index contributed by atoms with van der Waals surface area (Å²) in [6.07, 6.45) is 9.02. The first-order valence-electron chi connectivity index (χ1n) is 4.65. The van der Waals surface area contributed by atoms with Crippen molar-refractivity contribution in [1.82, 2.24) is 9.07 Å². The third-order valence-corrected chi connectivity index (χ3v) is 2.13. The van der Waals surface area contributed by atoms with Gasteiger partial charge in [-0.05, 0) is 19.4 Å². The zero-order valence-electron chi connectivity index (χ0n) is 8.13. The van der Waals surface area contributed by atoms with Crippen LogP contribution in [0.15, 0.2) is 12.3 Å². The lowest BCUT2D eigenvalue weighted by Crippen LogP contribution is -1.92. The molecule has 1 rings (SSSR count). The van der Waals surface area contributed by atoms with Crippen molar-refractivity contribution in [3.63, 3.8) is 0 Å². The maximum Gasteiger partial charge on any atom is 0.124 e. The highest BCUT2D eigenvalue weighted by Crippen LogP contribution is 2.09. The fraction of sp³-hybridized carbons (Fsp3) is 0.500. The third kappa shape index (κ3) is 2.88. The van der Waals surface area contributed by atoms with E-state index in [9.17, 15) is 0 Å². The van der Waals surface area contributed by atoms with Gasteiger partial charge in [0, 0.05) is 24.4 Å². The maximum atomic E-state index is 5.94. The van der Waals surface area contributed by atoms with Gasteiger partial charge in [0.1, 0.15) is 5.82 Å². The standard InChI is InChI=1S/C10H15ClN2/c1-3-5-7-10-12-9(6-4-2)8-13(10)11/h4,6,8H,3,5,7H2,1-2H3/b6-4+. The summed E-state index contributed by atoms with van der Waals surface area (Å²) >= 11 is 5.94. The molecule has 0 amide bonds. The van der Waals surface area contributed by atoms with Gasteiger partial charge in [-0.2, -0.15) is 0 Å². The topological polar surface area (TPSA) is 17.8 Å². The van der Waals surface area contributed by atoms with Crippen LogP contribution in [0.1, 0.15) is 38.2 Å². The maximum absolute atomic E-state index is 5.94. The predicted molar refractivity (Wildman–Crippen MR) is 56.8 cm³/mol. The highest BCUT2D eigenvalue weighted by molar-refractivity contribution is 6.15. The Morgan fingerprint density at radius 3 is 3.00 bits per heavy atom. The number of aromatic nitrogens is 2. The van der Waals surface area contributed by atoms with Crippen molar-refractivity contribution in [2.24, 2.45) is 0 Å². The van der Waals surface area contributed by atoms with E-state index >= 15 is 0 Å². The van der Waals surface area contributed by atoms with E-state index in [2.05, 4.69) is 11.9 Å². The molecule has 1 aromatic heterocycles. The van der Waals surface area contributed by atoms with Crippen LogP contribution in [0, 0.1) is 0 Å². The van der Waals surface area contributed by atoms with Gasteiger partial charge in [0.05, 0.1) is 5.69 Å². The molecule has 0 saturated heterocycles. The van der Waals surface area contributed by atoms with Crippen LogP contribution in [0.2, 0.25) is 0 Å². The molecule has 0 fully saturated rings. The average Bonchev–Trinajstić information content (AvgIpc) is 2.44. The monoisotopic (exact) mass is 198 g/mol. The molecule has 0 aliphatic heterocycles. The van der Waals surface area contributed by atoms with Gasteiger partial charge < -0.3 is 0 Å². The minimum atomic E-state index is 0.934. The summed E-state index contributed by atoms with van der Waals surface area (Å²) in [5.74, 6) is 0.955. The highest BCUT2D eigenvalue weighted by atomic mass is 35.5. The second-order valence-corrected chi connectivity index (χ2v) is 3.36. The molecule has 0 bridgehead atoms. The van der Waals surface area contributed by atoms with Crippen LogP contribution in [0.3, 0.4) is 0 Å². The number of hydrogen-bond acceptors (Lipinski definition) is 1. The Kier molecular flexibility index (Phi) is 4.03. The molecular weight excluding hydrogens is 184 g/mol. The van der Waals surface area contributed by atoms with E-state index in [4.69, 9.17) is 11.8 Å². The molecular formula is C10H15ClN2. The molecule has 0 aliphatic rings. The Labute approximate surface area is 84.4 Å². The number of rotatable bonds is 4. The molecule has 3 heteroatoms. The zero-order valence-corrected chi connectivity index (χ0v) is 8.88. The molecule has 72 valence electrons. The Morgan fingerprint density at radius 1 is 1.62 bits per heavy atom. The Bertz CT molecular complexity index is 289. The van der Waals surface area contributed by atoms with Crippen molar-refractivity contribution in [2.75, 3.05) is 0 Å². The predicted octanol–water partition coefficient (Wildman–Crippen LogP) is 3.26. The van der Waals surface area contributed by atoms with E-state index in [1.165, 1.54) is 6.42 Å². The summed E-state index contributed by atoms with van der Waals surface area (Å²) in [5, 5.41) is 0. The van der Waals surface area contributed by atoms with Crippen LogP contribution in [-0.4, -0.2) is 9.07 Å². The number of halogens is 1. The van der Waals surface area contributed by atoms with Gasteiger partial charge in [-0.25, -0.2) is 9.07 Å². The molecule has 0 unspecified atom stereocenters. The fourth-order valence-electron chi connectivity index (χ4n) is 1.16. The molecule has 1 aromatic rings. The molecule has 0 aromatic carbocycles. The fourth-order valence-corrected chi connectivity index (χ4v) is 1.39. The summed E-state index contributed by atoms with van der Waals surface area (Å²) in [4.78, 5) is 4.38. The quantitative estimate of drug-likeness (QED) is 0.726. The molecule has 0 spiro atoms. The van der Waals surface area contributed by atoms with Crippen molar-refractivity contribution in [3.8, 4) is 0 Å². The van der Waals surface area contributed by atoms with E-state index in [0.717, 1.165) is 24.4 Å². The summed E-state index contributed by atoms with van der Waals surface area (Å²) in [6.45, 7) is 4.13. The summed E-state index contributed by atoms with van der Waals surface area (Å²) in [7, 11) is 0. The first-order valence-corrected chi connectivity index (χ1v) is 4.98. The number of hydrogen-bond donors (Lipinski definition) is 0. The van der Waals surface area contributed by atoms with Crippen LogP contribution >= 0.6 is 11.8 Å². The molecule has 0 N–H and O–H groups in total. The normalized spacial score (nSPS) is 11.3. The Balaban J connectivity index is 2.71. The summed E-state index contributed by atoms with van der Waals surface area (Å²) in [6, 6.07) is 0. The van der Waals surface area contributed by atoms with Crippen LogP contribution < -0.4 is 0 Å². The lowest BCUT2D eigenvalue weighted by molar-refractivity contribution is 0.753. The number of nitrogens with zero attached hydrogens (tertiary/aromatic N) is 2. The van der Waals surface area contributed by atoms with Crippen molar-refractivity contribution >= 4 is 17.9 Å². The second kappa shape index (κ2) is 5.07. The lowest BCUT2D eigenvalue weighted by atomic mass is 10.2. The second-order valence-electron chi connectivity index (χ2n) is 3.00. The van der Waals surface area contributed by atoms with Gasteiger partial charge in [0.15, 0.2) is 0 Å². The average molecular weight is 199 g/mol. The van der Waals surface area contributed by atoms with Gasteiger partial charge in [-0.15, -0.1) is 0 Å². The van der Waals surface area contributed by atoms with Crippen molar-refractivity contribution < 1.29 is 0 Å². The number of aryl methyl sites for hydroxylation is 1.